The molecule has 0 atom stereocenters. The Hall–Kier alpha value is -1.48. The highest BCUT2D eigenvalue weighted by Gasteiger charge is 2.01. The summed E-state index contributed by atoms with van der Waals surface area (Å²) in [7, 11) is 0. The lowest BCUT2D eigenvalue weighted by atomic mass is 10.0. The lowest BCUT2D eigenvalue weighted by Gasteiger charge is -2.03. The summed E-state index contributed by atoms with van der Waals surface area (Å²) >= 11 is 0. The summed E-state index contributed by atoms with van der Waals surface area (Å²) in [5.74, 6) is 0.262. The molecule has 0 aliphatic carbocycles. The Morgan fingerprint density at radius 3 is 1.50 bits per heavy atom. The summed E-state index contributed by atoms with van der Waals surface area (Å²) in [6.07, 6.45) is 21.4. The second-order valence-electron chi connectivity index (χ2n) is 7.22. The van der Waals surface area contributed by atoms with Crippen LogP contribution in [-0.2, 0) is 0 Å². The van der Waals surface area contributed by atoms with E-state index in [1.54, 1.807) is 18.2 Å². The van der Waals surface area contributed by atoms with Gasteiger partial charge in [-0.25, -0.2) is 0 Å². The smallest absolute Gasteiger partial charge is 0.126 e. The van der Waals surface area contributed by atoms with E-state index in [9.17, 15) is 10.2 Å². The van der Waals surface area contributed by atoms with Crippen molar-refractivity contribution < 1.29 is 15.3 Å². The van der Waals surface area contributed by atoms with E-state index in [-0.39, 0.29) is 11.5 Å². The summed E-state index contributed by atoms with van der Waals surface area (Å²) in [5.41, 5.74) is 0.515. The monoisotopic (exact) mass is 362 g/mol. The number of hydrogen-bond acceptors (Lipinski definition) is 3. The number of aromatic hydroxyl groups is 2. The Kier molecular flexibility index (Phi) is 13.7. The maximum atomic E-state index is 9.70. The summed E-state index contributed by atoms with van der Waals surface area (Å²) in [4.78, 5) is 0. The first-order valence-corrected chi connectivity index (χ1v) is 10.5. The number of benzene rings is 1. The van der Waals surface area contributed by atoms with Crippen LogP contribution in [-0.4, -0.2) is 21.9 Å². The Balaban J connectivity index is 1.87. The number of aliphatic hydroxyl groups is 1. The van der Waals surface area contributed by atoms with Crippen molar-refractivity contribution in [3.8, 4) is 11.5 Å². The first kappa shape index (κ1) is 22.6. The van der Waals surface area contributed by atoms with E-state index >= 15 is 0 Å². The quantitative estimate of drug-likeness (QED) is 0.292. The molecule has 1 rings (SSSR count). The van der Waals surface area contributed by atoms with Crippen molar-refractivity contribution >= 4 is 6.08 Å². The van der Waals surface area contributed by atoms with Crippen LogP contribution in [0.25, 0.3) is 6.08 Å². The molecule has 1 aromatic rings. The van der Waals surface area contributed by atoms with Gasteiger partial charge in [0.15, 0.2) is 0 Å². The molecule has 0 aliphatic rings. The highest BCUT2D eigenvalue weighted by molar-refractivity contribution is 5.63. The lowest BCUT2D eigenvalue weighted by molar-refractivity contribution is 0.282. The van der Waals surface area contributed by atoms with Crippen molar-refractivity contribution in [1.29, 1.82) is 0 Å². The second-order valence-corrected chi connectivity index (χ2v) is 7.22. The molecule has 1 aromatic carbocycles. The van der Waals surface area contributed by atoms with E-state index in [0.29, 0.717) is 12.2 Å². The third-order valence-corrected chi connectivity index (χ3v) is 4.87. The van der Waals surface area contributed by atoms with Gasteiger partial charge >= 0.3 is 0 Å². The summed E-state index contributed by atoms with van der Waals surface area (Å²) in [5, 5.41) is 28.1. The van der Waals surface area contributed by atoms with Crippen molar-refractivity contribution in [3.63, 3.8) is 0 Å². The van der Waals surface area contributed by atoms with E-state index in [1.165, 1.54) is 77.0 Å². The maximum absolute atomic E-state index is 9.70. The molecule has 3 N–H and O–H groups in total. The molecule has 0 fully saturated rings. The van der Waals surface area contributed by atoms with Crippen molar-refractivity contribution in [2.45, 2.75) is 89.9 Å². The molecule has 0 aliphatic heterocycles. The predicted octanol–water partition coefficient (Wildman–Crippen LogP) is 6.56. The Morgan fingerprint density at radius 1 is 0.615 bits per heavy atom. The van der Waals surface area contributed by atoms with Crippen molar-refractivity contribution in [3.05, 3.63) is 29.8 Å². The maximum Gasteiger partial charge on any atom is 0.126 e. The first-order chi connectivity index (χ1) is 12.8. The average molecular weight is 363 g/mol. The highest BCUT2D eigenvalue weighted by atomic mass is 16.3. The fraction of sp³-hybridized carbons (Fsp3) is 0.652. The highest BCUT2D eigenvalue weighted by Crippen LogP contribution is 2.27. The Bertz CT molecular complexity index is 462. The van der Waals surface area contributed by atoms with Gasteiger partial charge in [0.1, 0.15) is 11.5 Å². The largest absolute Gasteiger partial charge is 0.507 e. The Morgan fingerprint density at radius 2 is 1.04 bits per heavy atom. The Labute approximate surface area is 159 Å². The molecule has 0 saturated heterocycles. The fourth-order valence-electron chi connectivity index (χ4n) is 3.23. The average Bonchev–Trinajstić information content (AvgIpc) is 2.63. The van der Waals surface area contributed by atoms with E-state index in [0.717, 1.165) is 12.8 Å². The number of phenols is 2. The van der Waals surface area contributed by atoms with Gasteiger partial charge in [0.2, 0.25) is 0 Å². The molecule has 0 unspecified atom stereocenters. The summed E-state index contributed by atoms with van der Waals surface area (Å²) in [6.45, 7) is 0.344. The summed E-state index contributed by atoms with van der Waals surface area (Å²) in [6, 6.07) is 4.83. The number of phenolic OH excluding ortho intramolecular Hbond substituents is 2. The van der Waals surface area contributed by atoms with Crippen LogP contribution in [0.15, 0.2) is 24.3 Å². The zero-order valence-electron chi connectivity index (χ0n) is 16.3. The zero-order valence-corrected chi connectivity index (χ0v) is 16.3. The van der Waals surface area contributed by atoms with Crippen LogP contribution < -0.4 is 0 Å². The minimum Gasteiger partial charge on any atom is -0.507 e. The predicted molar refractivity (Wildman–Crippen MR) is 111 cm³/mol. The zero-order chi connectivity index (χ0) is 18.9. The number of unbranched alkanes of at least 4 members (excludes halogenated alkanes) is 13. The number of aliphatic hydroxyl groups excluding tert-OH is 1. The molecule has 0 amide bonds. The van der Waals surface area contributed by atoms with Crippen LogP contribution in [0.4, 0.5) is 0 Å². The van der Waals surface area contributed by atoms with E-state index in [4.69, 9.17) is 5.11 Å². The van der Waals surface area contributed by atoms with Crippen LogP contribution in [0.1, 0.15) is 95.5 Å². The molecule has 3 heteroatoms. The van der Waals surface area contributed by atoms with E-state index < -0.39 is 0 Å². The molecule has 0 spiro atoms. The summed E-state index contributed by atoms with van der Waals surface area (Å²) < 4.78 is 0. The SMILES string of the molecule is OCCCCCCCCCCCCCCCC=Cc1c(O)cccc1O. The molecule has 0 bridgehead atoms. The van der Waals surface area contributed by atoms with Crippen molar-refractivity contribution in [2.75, 3.05) is 6.61 Å². The van der Waals surface area contributed by atoms with Gasteiger partial charge in [-0.3, -0.25) is 0 Å². The van der Waals surface area contributed by atoms with Crippen LogP contribution in [0.5, 0.6) is 11.5 Å². The number of rotatable bonds is 16. The minimum absolute atomic E-state index is 0.131. The number of hydrogen-bond donors (Lipinski definition) is 3. The first-order valence-electron chi connectivity index (χ1n) is 10.5. The van der Waals surface area contributed by atoms with E-state index in [2.05, 4.69) is 0 Å². The third-order valence-electron chi connectivity index (χ3n) is 4.87. The van der Waals surface area contributed by atoms with Crippen LogP contribution in [0.2, 0.25) is 0 Å². The van der Waals surface area contributed by atoms with Gasteiger partial charge in [-0.05, 0) is 31.4 Å². The van der Waals surface area contributed by atoms with Crippen LogP contribution in [0, 0.1) is 0 Å². The minimum atomic E-state index is 0.131. The van der Waals surface area contributed by atoms with Crippen LogP contribution >= 0.6 is 0 Å². The molecule has 0 aromatic heterocycles. The molecule has 148 valence electrons. The van der Waals surface area contributed by atoms with Gasteiger partial charge < -0.3 is 15.3 Å². The third kappa shape index (κ3) is 11.2. The van der Waals surface area contributed by atoms with E-state index in [1.807, 2.05) is 12.2 Å². The molecule has 26 heavy (non-hydrogen) atoms. The van der Waals surface area contributed by atoms with Gasteiger partial charge in [-0.1, -0.05) is 88.8 Å². The fourth-order valence-corrected chi connectivity index (χ4v) is 3.23. The van der Waals surface area contributed by atoms with Gasteiger partial charge in [-0.2, -0.15) is 0 Å². The molecule has 0 heterocycles. The standard InChI is InChI=1S/C23H38O3/c24-20-15-13-11-9-7-5-3-1-2-4-6-8-10-12-14-17-21-22(25)18-16-19-23(21)26/h14,16-19,24-26H,1-13,15,20H2. The molecule has 0 radical (unpaired) electrons. The lowest BCUT2D eigenvalue weighted by Crippen LogP contribution is -1.85. The molecular weight excluding hydrogens is 324 g/mol. The van der Waals surface area contributed by atoms with Crippen LogP contribution in [0.3, 0.4) is 0 Å². The second kappa shape index (κ2) is 15.7. The molecule has 0 saturated carbocycles. The van der Waals surface area contributed by atoms with Gasteiger partial charge in [0.25, 0.3) is 0 Å². The number of allylic oxidation sites excluding steroid dienone is 1. The molecular formula is C23H38O3. The van der Waals surface area contributed by atoms with Crippen molar-refractivity contribution in [2.24, 2.45) is 0 Å². The van der Waals surface area contributed by atoms with Crippen molar-refractivity contribution in [1.82, 2.24) is 0 Å². The topological polar surface area (TPSA) is 60.7 Å². The van der Waals surface area contributed by atoms with Gasteiger partial charge in [-0.15, -0.1) is 0 Å². The van der Waals surface area contributed by atoms with Gasteiger partial charge in [0, 0.05) is 6.61 Å². The normalized spacial score (nSPS) is 11.4. The molecule has 3 nitrogen and oxygen atoms in total. The van der Waals surface area contributed by atoms with Gasteiger partial charge in [0.05, 0.1) is 5.56 Å².